The molecule has 2 nitrogen and oxygen atoms in total. The second kappa shape index (κ2) is 16.7. The van der Waals surface area contributed by atoms with Crippen LogP contribution < -0.4 is 0 Å². The molecule has 74 valence electrons. The Morgan fingerprint density at radius 2 is 1.58 bits per heavy atom. The molecule has 0 rings (SSSR count). The first kappa shape index (κ1) is 17.3. The lowest BCUT2D eigenvalue weighted by Gasteiger charge is -2.12. The molecule has 0 saturated carbocycles. The van der Waals surface area contributed by atoms with Crippen LogP contribution in [0.1, 0.15) is 27.2 Å². The number of aliphatic imine (C=N–C) groups is 1. The minimum Gasteiger partial charge on any atom is -0.381 e. The van der Waals surface area contributed by atoms with Gasteiger partial charge in [-0.25, -0.2) is 0 Å². The number of allylic oxidation sites excluding steroid dienone is 1. The Morgan fingerprint density at radius 1 is 1.33 bits per heavy atom. The van der Waals surface area contributed by atoms with Crippen LogP contribution in [0, 0.1) is 0 Å². The standard InChI is InChI=1S/C6H13N.C2H5N.C2H6/c1-5-6(2)7(3)4;1-3-2;1-2/h2,5H2,1,3-4H3;1H2,2H3;1-2H3. The third kappa shape index (κ3) is 22.9. The molecule has 0 spiro atoms. The van der Waals surface area contributed by atoms with Gasteiger partial charge in [0.15, 0.2) is 0 Å². The van der Waals surface area contributed by atoms with Crippen LogP contribution in [0.3, 0.4) is 0 Å². The van der Waals surface area contributed by atoms with E-state index in [1.165, 1.54) is 5.70 Å². The van der Waals surface area contributed by atoms with E-state index in [9.17, 15) is 0 Å². The fourth-order valence-corrected chi connectivity index (χ4v) is 0.316. The zero-order valence-electron chi connectivity index (χ0n) is 9.52. The van der Waals surface area contributed by atoms with Gasteiger partial charge in [0, 0.05) is 26.8 Å². The molecule has 0 aromatic heterocycles. The molecule has 0 N–H and O–H groups in total. The summed E-state index contributed by atoms with van der Waals surface area (Å²) in [7, 11) is 5.65. The lowest BCUT2D eigenvalue weighted by Crippen LogP contribution is -2.08. The first-order valence-corrected chi connectivity index (χ1v) is 4.30. The normalized spacial score (nSPS) is 6.50. The van der Waals surface area contributed by atoms with Gasteiger partial charge in [0.05, 0.1) is 0 Å². The van der Waals surface area contributed by atoms with Crippen molar-refractivity contribution >= 4 is 6.72 Å². The zero-order chi connectivity index (χ0) is 10.6. The minimum atomic E-state index is 1.05. The summed E-state index contributed by atoms with van der Waals surface area (Å²) in [4.78, 5) is 5.28. The van der Waals surface area contributed by atoms with Crippen molar-refractivity contribution in [1.82, 2.24) is 4.90 Å². The molecular formula is C10H24N2. The van der Waals surface area contributed by atoms with Gasteiger partial charge >= 0.3 is 0 Å². The van der Waals surface area contributed by atoms with Gasteiger partial charge in [0.1, 0.15) is 0 Å². The molecular weight excluding hydrogens is 148 g/mol. The summed E-state index contributed by atoms with van der Waals surface area (Å²) < 4.78 is 0. The Morgan fingerprint density at radius 3 is 1.58 bits per heavy atom. The third-order valence-corrected chi connectivity index (χ3v) is 1.04. The van der Waals surface area contributed by atoms with Gasteiger partial charge in [-0.05, 0) is 13.1 Å². The van der Waals surface area contributed by atoms with Gasteiger partial charge in [0.25, 0.3) is 0 Å². The van der Waals surface area contributed by atoms with E-state index in [-0.39, 0.29) is 0 Å². The second-order valence-electron chi connectivity index (χ2n) is 2.13. The molecule has 0 unspecified atom stereocenters. The Hall–Kier alpha value is -0.790. The molecule has 0 heterocycles. The molecule has 0 amide bonds. The van der Waals surface area contributed by atoms with Crippen molar-refractivity contribution in [2.75, 3.05) is 21.1 Å². The molecule has 0 aliphatic carbocycles. The maximum atomic E-state index is 3.80. The molecule has 0 saturated heterocycles. The van der Waals surface area contributed by atoms with Crippen molar-refractivity contribution in [3.63, 3.8) is 0 Å². The quantitative estimate of drug-likeness (QED) is 0.585. The second-order valence-corrected chi connectivity index (χ2v) is 2.13. The molecule has 12 heavy (non-hydrogen) atoms. The lowest BCUT2D eigenvalue weighted by molar-refractivity contribution is 0.497. The number of hydrogen-bond donors (Lipinski definition) is 0. The minimum absolute atomic E-state index is 1.05. The molecule has 2 heteroatoms. The van der Waals surface area contributed by atoms with Crippen LogP contribution in [-0.4, -0.2) is 32.8 Å². The van der Waals surface area contributed by atoms with E-state index in [0.29, 0.717) is 0 Å². The molecule has 0 fully saturated rings. The fraction of sp³-hybridized carbons (Fsp3) is 0.700. The average molecular weight is 172 g/mol. The summed E-state index contributed by atoms with van der Waals surface area (Å²) in [5.41, 5.74) is 1.18. The van der Waals surface area contributed by atoms with Gasteiger partial charge < -0.3 is 9.89 Å². The highest BCUT2D eigenvalue weighted by Crippen LogP contribution is 1.96. The molecule has 0 aliphatic heterocycles. The van der Waals surface area contributed by atoms with E-state index in [0.717, 1.165) is 6.42 Å². The van der Waals surface area contributed by atoms with Crippen LogP contribution in [0.15, 0.2) is 17.3 Å². The number of hydrogen-bond acceptors (Lipinski definition) is 2. The lowest BCUT2D eigenvalue weighted by atomic mass is 10.4. The highest BCUT2D eigenvalue weighted by atomic mass is 15.1. The third-order valence-electron chi connectivity index (χ3n) is 1.04. The van der Waals surface area contributed by atoms with E-state index >= 15 is 0 Å². The summed E-state index contributed by atoms with van der Waals surface area (Å²) in [5, 5.41) is 0. The van der Waals surface area contributed by atoms with Gasteiger partial charge in [-0.3, -0.25) is 0 Å². The largest absolute Gasteiger partial charge is 0.381 e. The van der Waals surface area contributed by atoms with Crippen molar-refractivity contribution in [3.05, 3.63) is 12.3 Å². The summed E-state index contributed by atoms with van der Waals surface area (Å²) in [6, 6.07) is 0. The Bertz CT molecular complexity index is 96.0. The van der Waals surface area contributed by atoms with E-state index < -0.39 is 0 Å². The zero-order valence-corrected chi connectivity index (χ0v) is 9.52. The smallest absolute Gasteiger partial charge is 0.0269 e. The molecule has 0 atom stereocenters. The van der Waals surface area contributed by atoms with Gasteiger partial charge in [0.2, 0.25) is 0 Å². The van der Waals surface area contributed by atoms with Crippen molar-refractivity contribution in [1.29, 1.82) is 0 Å². The van der Waals surface area contributed by atoms with Crippen LogP contribution in [0.25, 0.3) is 0 Å². The Labute approximate surface area is 78.0 Å². The monoisotopic (exact) mass is 172 g/mol. The SMILES string of the molecule is C=C(CC)N(C)C.C=NC.CC. The van der Waals surface area contributed by atoms with Crippen molar-refractivity contribution < 1.29 is 0 Å². The highest BCUT2D eigenvalue weighted by Gasteiger charge is 1.86. The van der Waals surface area contributed by atoms with Gasteiger partial charge in [-0.15, -0.1) is 0 Å². The first-order chi connectivity index (χ1) is 5.59. The molecule has 0 aliphatic rings. The van der Waals surface area contributed by atoms with E-state index in [1.54, 1.807) is 7.05 Å². The highest BCUT2D eigenvalue weighted by molar-refractivity contribution is 5.22. The predicted octanol–water partition coefficient (Wildman–Crippen LogP) is 2.81. The molecule has 0 aromatic carbocycles. The van der Waals surface area contributed by atoms with Gasteiger partial charge in [-0.1, -0.05) is 27.4 Å². The molecule has 0 bridgehead atoms. The maximum absolute atomic E-state index is 3.80. The predicted molar refractivity (Wildman–Crippen MR) is 59.9 cm³/mol. The Kier molecular flexibility index (Phi) is 24.1. The van der Waals surface area contributed by atoms with Crippen LogP contribution in [0.4, 0.5) is 0 Å². The van der Waals surface area contributed by atoms with Crippen LogP contribution in [0.2, 0.25) is 0 Å². The maximum Gasteiger partial charge on any atom is 0.0269 e. The molecule has 0 radical (unpaired) electrons. The van der Waals surface area contributed by atoms with E-state index in [4.69, 9.17) is 0 Å². The number of rotatable bonds is 2. The van der Waals surface area contributed by atoms with Gasteiger partial charge in [-0.2, -0.15) is 0 Å². The van der Waals surface area contributed by atoms with Crippen molar-refractivity contribution in [3.8, 4) is 0 Å². The van der Waals surface area contributed by atoms with Crippen molar-refractivity contribution in [2.45, 2.75) is 27.2 Å². The number of nitrogens with zero attached hydrogens (tertiary/aromatic N) is 2. The topological polar surface area (TPSA) is 15.6 Å². The Balaban J connectivity index is -0.000000137. The van der Waals surface area contributed by atoms with E-state index in [1.807, 2.05) is 32.8 Å². The molecule has 0 aromatic rings. The first-order valence-electron chi connectivity index (χ1n) is 4.30. The fourth-order valence-electron chi connectivity index (χ4n) is 0.316. The summed E-state index contributed by atoms with van der Waals surface area (Å²) in [6.07, 6.45) is 1.05. The van der Waals surface area contributed by atoms with Crippen LogP contribution in [0.5, 0.6) is 0 Å². The van der Waals surface area contributed by atoms with Crippen LogP contribution in [-0.2, 0) is 0 Å². The average Bonchev–Trinajstić information content (AvgIpc) is 2.08. The van der Waals surface area contributed by atoms with E-state index in [2.05, 4.69) is 25.2 Å². The summed E-state index contributed by atoms with van der Waals surface area (Å²) in [6.45, 7) is 13.0. The van der Waals surface area contributed by atoms with Crippen LogP contribution >= 0.6 is 0 Å². The van der Waals surface area contributed by atoms with Crippen molar-refractivity contribution in [2.24, 2.45) is 4.99 Å². The summed E-state index contributed by atoms with van der Waals surface area (Å²) >= 11 is 0. The summed E-state index contributed by atoms with van der Waals surface area (Å²) in [5.74, 6) is 0.